The minimum Gasteiger partial charge on any atom is -0.356 e. The molecule has 1 amide bonds. The van der Waals surface area contributed by atoms with E-state index in [1.165, 1.54) is 61.9 Å². The molecule has 1 saturated carbocycles. The first kappa shape index (κ1) is 24.4. The Morgan fingerprint density at radius 3 is 2.55 bits per heavy atom. The summed E-state index contributed by atoms with van der Waals surface area (Å²) in [5.74, 6) is 1.55. The van der Waals surface area contributed by atoms with Crippen molar-refractivity contribution in [3.63, 3.8) is 0 Å². The molecule has 0 atom stereocenters. The lowest BCUT2D eigenvalue weighted by molar-refractivity contribution is -0.127. The van der Waals surface area contributed by atoms with E-state index in [2.05, 4.69) is 15.2 Å². The number of aliphatic imine (C=N–C) groups is 1. The summed E-state index contributed by atoms with van der Waals surface area (Å²) in [7, 11) is 5.60. The Kier molecular flexibility index (Phi) is 10.1. The maximum absolute atomic E-state index is 12.0. The molecule has 2 aliphatic carbocycles. The van der Waals surface area contributed by atoms with Gasteiger partial charge in [-0.25, -0.2) is 9.98 Å². The molecule has 0 bridgehead atoms. The van der Waals surface area contributed by atoms with Gasteiger partial charge in [-0.2, -0.15) is 0 Å². The number of rotatable bonds is 6. The highest BCUT2D eigenvalue weighted by atomic mass is 127. The van der Waals surface area contributed by atoms with Crippen LogP contribution in [0.4, 0.5) is 0 Å². The molecule has 164 valence electrons. The smallest absolute Gasteiger partial charge is 0.243 e. The highest BCUT2D eigenvalue weighted by Crippen LogP contribution is 2.27. The van der Waals surface area contributed by atoms with Gasteiger partial charge >= 0.3 is 0 Å². The Bertz CT molecular complexity index is 661. The SMILES string of the molecule is CN(C)C(=O)CN=C(NCC1CCCCC1)N(C)Cc1nc2c(s1)CCCC2.I. The van der Waals surface area contributed by atoms with Crippen LogP contribution in [0.25, 0.3) is 0 Å². The molecule has 29 heavy (non-hydrogen) atoms. The standard InChI is InChI=1S/C21H35N5OS.HI/c1-25(2)20(27)14-23-21(22-13-16-9-5-4-6-10-16)26(3)15-19-24-17-11-7-8-12-18(17)28-19;/h16H,4-15H2,1-3H3,(H,22,23);1H. The van der Waals surface area contributed by atoms with Crippen LogP contribution in [0.15, 0.2) is 4.99 Å². The molecule has 0 spiro atoms. The van der Waals surface area contributed by atoms with E-state index in [9.17, 15) is 4.79 Å². The maximum Gasteiger partial charge on any atom is 0.243 e. The van der Waals surface area contributed by atoms with Crippen LogP contribution in [0.2, 0.25) is 0 Å². The molecule has 1 N–H and O–H groups in total. The highest BCUT2D eigenvalue weighted by molar-refractivity contribution is 14.0. The summed E-state index contributed by atoms with van der Waals surface area (Å²) in [6.45, 7) is 1.86. The summed E-state index contributed by atoms with van der Waals surface area (Å²) in [5, 5.41) is 4.70. The first-order chi connectivity index (χ1) is 13.5. The lowest BCUT2D eigenvalue weighted by Crippen LogP contribution is -2.42. The lowest BCUT2D eigenvalue weighted by atomic mass is 9.89. The summed E-state index contributed by atoms with van der Waals surface area (Å²) in [6, 6.07) is 0. The quantitative estimate of drug-likeness (QED) is 0.345. The molecular formula is C21H36IN5OS. The third-order valence-electron chi connectivity index (χ3n) is 5.76. The van der Waals surface area contributed by atoms with Crippen LogP contribution in [-0.4, -0.2) is 60.9 Å². The van der Waals surface area contributed by atoms with Gasteiger partial charge in [0, 0.05) is 32.6 Å². The number of guanidine groups is 1. The first-order valence-corrected chi connectivity index (χ1v) is 11.5. The molecule has 1 aromatic rings. The summed E-state index contributed by atoms with van der Waals surface area (Å²) in [5.41, 5.74) is 1.30. The van der Waals surface area contributed by atoms with Gasteiger partial charge in [0.25, 0.3) is 0 Å². The zero-order chi connectivity index (χ0) is 19.9. The maximum atomic E-state index is 12.0. The van der Waals surface area contributed by atoms with Crippen LogP contribution in [0, 0.1) is 5.92 Å². The molecule has 0 aliphatic heterocycles. The van der Waals surface area contributed by atoms with Crippen LogP contribution in [0.1, 0.15) is 60.5 Å². The summed E-state index contributed by atoms with van der Waals surface area (Å²) in [6.07, 6.45) is 11.4. The largest absolute Gasteiger partial charge is 0.356 e. The number of hydrogen-bond acceptors (Lipinski definition) is 4. The second-order valence-electron chi connectivity index (χ2n) is 8.35. The molecule has 0 saturated heterocycles. The lowest BCUT2D eigenvalue weighted by Gasteiger charge is -2.26. The van der Waals surface area contributed by atoms with E-state index in [-0.39, 0.29) is 36.4 Å². The van der Waals surface area contributed by atoms with Gasteiger partial charge in [-0.05, 0) is 44.4 Å². The fourth-order valence-corrected chi connectivity index (χ4v) is 5.18. The van der Waals surface area contributed by atoms with Crippen LogP contribution >= 0.6 is 35.3 Å². The van der Waals surface area contributed by atoms with Crippen molar-refractivity contribution in [3.8, 4) is 0 Å². The Morgan fingerprint density at radius 2 is 1.86 bits per heavy atom. The molecule has 0 radical (unpaired) electrons. The summed E-state index contributed by atoms with van der Waals surface area (Å²) < 4.78 is 0. The highest BCUT2D eigenvalue weighted by Gasteiger charge is 2.19. The molecule has 2 aliphatic rings. The number of carbonyl (C=O) groups excluding carboxylic acids is 1. The monoisotopic (exact) mass is 533 g/mol. The number of nitrogens with one attached hydrogen (secondary N) is 1. The molecule has 1 aromatic heterocycles. The van der Waals surface area contributed by atoms with Crippen LogP contribution in [0.5, 0.6) is 0 Å². The molecule has 0 unspecified atom stereocenters. The van der Waals surface area contributed by atoms with Crippen molar-refractivity contribution >= 4 is 47.2 Å². The van der Waals surface area contributed by atoms with E-state index < -0.39 is 0 Å². The van der Waals surface area contributed by atoms with E-state index in [0.29, 0.717) is 5.92 Å². The number of nitrogens with zero attached hydrogens (tertiary/aromatic N) is 4. The first-order valence-electron chi connectivity index (χ1n) is 10.7. The van der Waals surface area contributed by atoms with Crippen molar-refractivity contribution in [2.24, 2.45) is 10.9 Å². The fourth-order valence-electron chi connectivity index (χ4n) is 3.97. The van der Waals surface area contributed by atoms with E-state index >= 15 is 0 Å². The van der Waals surface area contributed by atoms with Gasteiger partial charge in [0.05, 0.1) is 12.2 Å². The number of hydrogen-bond donors (Lipinski definition) is 1. The van der Waals surface area contributed by atoms with Gasteiger partial charge in [0.15, 0.2) is 5.96 Å². The van der Waals surface area contributed by atoms with Crippen LogP contribution in [-0.2, 0) is 24.2 Å². The minimum absolute atomic E-state index is 0. The number of aryl methyl sites for hydroxylation is 2. The second-order valence-corrected chi connectivity index (χ2v) is 9.52. The van der Waals surface area contributed by atoms with Crippen molar-refractivity contribution in [3.05, 3.63) is 15.6 Å². The number of aromatic nitrogens is 1. The van der Waals surface area contributed by atoms with Crippen molar-refractivity contribution in [1.82, 2.24) is 20.1 Å². The molecule has 1 fully saturated rings. The Balaban J connectivity index is 0.00000300. The molecule has 1 heterocycles. The minimum atomic E-state index is 0. The Morgan fingerprint density at radius 1 is 1.14 bits per heavy atom. The normalized spacial score (nSPS) is 17.3. The number of thiazole rings is 1. The summed E-state index contributed by atoms with van der Waals surface area (Å²) >= 11 is 1.85. The number of fused-ring (bicyclic) bond motifs is 1. The van der Waals surface area contributed by atoms with Crippen molar-refractivity contribution < 1.29 is 4.79 Å². The van der Waals surface area contributed by atoms with E-state index in [4.69, 9.17) is 4.98 Å². The van der Waals surface area contributed by atoms with Gasteiger partial charge in [0.1, 0.15) is 11.6 Å². The zero-order valence-electron chi connectivity index (χ0n) is 18.1. The van der Waals surface area contributed by atoms with E-state index in [1.807, 2.05) is 18.4 Å². The Labute approximate surface area is 196 Å². The molecule has 8 heteroatoms. The zero-order valence-corrected chi connectivity index (χ0v) is 21.2. The van der Waals surface area contributed by atoms with Crippen molar-refractivity contribution in [2.45, 2.75) is 64.3 Å². The van der Waals surface area contributed by atoms with E-state index in [1.54, 1.807) is 19.0 Å². The molecule has 0 aromatic carbocycles. The third-order valence-corrected chi connectivity index (χ3v) is 6.90. The number of likely N-dealkylation sites (N-methyl/N-ethyl adjacent to an activating group) is 1. The average Bonchev–Trinajstić information content (AvgIpc) is 3.10. The summed E-state index contributed by atoms with van der Waals surface area (Å²) in [4.78, 5) is 26.7. The average molecular weight is 534 g/mol. The number of halogens is 1. The predicted octanol–water partition coefficient (Wildman–Crippen LogP) is 3.69. The third kappa shape index (κ3) is 7.38. The van der Waals surface area contributed by atoms with Crippen LogP contribution in [0.3, 0.4) is 0 Å². The number of amides is 1. The van der Waals surface area contributed by atoms with Gasteiger partial charge in [-0.15, -0.1) is 35.3 Å². The second kappa shape index (κ2) is 12.1. The van der Waals surface area contributed by atoms with Gasteiger partial charge in [-0.1, -0.05) is 19.3 Å². The number of carbonyl (C=O) groups is 1. The predicted molar refractivity (Wildman–Crippen MR) is 131 cm³/mol. The van der Waals surface area contributed by atoms with Crippen LogP contribution < -0.4 is 5.32 Å². The Hall–Kier alpha value is -0.900. The van der Waals surface area contributed by atoms with Crippen molar-refractivity contribution in [1.29, 1.82) is 0 Å². The molecular weight excluding hydrogens is 497 g/mol. The fraction of sp³-hybridized carbons (Fsp3) is 0.762. The topological polar surface area (TPSA) is 60.8 Å². The molecule has 6 nitrogen and oxygen atoms in total. The van der Waals surface area contributed by atoms with Gasteiger partial charge < -0.3 is 15.1 Å². The van der Waals surface area contributed by atoms with Crippen molar-refractivity contribution in [2.75, 3.05) is 34.2 Å². The molecule has 3 rings (SSSR count). The van der Waals surface area contributed by atoms with Gasteiger partial charge in [0.2, 0.25) is 5.91 Å². The van der Waals surface area contributed by atoms with Gasteiger partial charge in [-0.3, -0.25) is 4.79 Å². The van der Waals surface area contributed by atoms with E-state index in [0.717, 1.165) is 30.5 Å².